The Bertz CT molecular complexity index is 1650. The van der Waals surface area contributed by atoms with E-state index in [2.05, 4.69) is 25.9 Å². The highest BCUT2D eigenvalue weighted by Gasteiger charge is 2.46. The number of hydrogen-bond acceptors (Lipinski definition) is 8. The predicted molar refractivity (Wildman–Crippen MR) is 167 cm³/mol. The van der Waals surface area contributed by atoms with Crippen LogP contribution in [0.5, 0.6) is 0 Å². The molecule has 11 nitrogen and oxygen atoms in total. The number of benzene rings is 1. The van der Waals surface area contributed by atoms with E-state index in [1.165, 1.54) is 19.3 Å². The Balaban J connectivity index is 1.59. The minimum atomic E-state index is -1.47. The van der Waals surface area contributed by atoms with Crippen LogP contribution in [-0.4, -0.2) is 56.3 Å². The summed E-state index contributed by atoms with van der Waals surface area (Å²) in [6.45, 7) is 11.5. The Morgan fingerprint density at radius 2 is 1.72 bits per heavy atom. The summed E-state index contributed by atoms with van der Waals surface area (Å²) in [6.07, 6.45) is 0.675. The van der Waals surface area contributed by atoms with Gasteiger partial charge >= 0.3 is 6.09 Å². The Morgan fingerprint density at radius 1 is 1.06 bits per heavy atom. The second-order valence-electron chi connectivity index (χ2n) is 12.8. The smallest absolute Gasteiger partial charge is 0.407 e. The summed E-state index contributed by atoms with van der Waals surface area (Å²) in [5.74, 6) is -5.24. The summed E-state index contributed by atoms with van der Waals surface area (Å²) < 4.78 is 56.5. The summed E-state index contributed by atoms with van der Waals surface area (Å²) in [4.78, 5) is 45.9. The fraction of sp³-hybridized carbons (Fsp3) is 0.424. The van der Waals surface area contributed by atoms with Crippen molar-refractivity contribution in [2.45, 2.75) is 84.3 Å². The molecule has 1 saturated heterocycles. The SMILES string of the molecule is CC(C)C(=O)Nc1cc(F)c(-c2nc(C(=O)Nc3cnccc3C3CC(NC(=O)OC(C)(C)C)C(C)(O)C(C)O3)ccc2F)c(F)c1. The summed E-state index contributed by atoms with van der Waals surface area (Å²) in [6, 6.07) is 4.36. The number of carbonyl (C=O) groups excluding carboxylic acids is 3. The molecule has 0 spiro atoms. The van der Waals surface area contributed by atoms with Gasteiger partial charge in [-0.15, -0.1) is 0 Å². The molecule has 14 heteroatoms. The van der Waals surface area contributed by atoms with E-state index in [9.17, 15) is 23.9 Å². The molecule has 4 rings (SSSR count). The van der Waals surface area contributed by atoms with Gasteiger partial charge in [-0.1, -0.05) is 13.8 Å². The monoisotopic (exact) mass is 657 g/mol. The lowest BCUT2D eigenvalue weighted by Gasteiger charge is -2.45. The van der Waals surface area contributed by atoms with Gasteiger partial charge < -0.3 is 30.5 Å². The van der Waals surface area contributed by atoms with Crippen molar-refractivity contribution in [3.8, 4) is 11.3 Å². The van der Waals surface area contributed by atoms with Gasteiger partial charge in [0.25, 0.3) is 5.91 Å². The molecule has 0 aliphatic carbocycles. The van der Waals surface area contributed by atoms with Gasteiger partial charge in [-0.3, -0.25) is 14.6 Å². The zero-order valence-corrected chi connectivity index (χ0v) is 27.1. The van der Waals surface area contributed by atoms with Gasteiger partial charge in [0.2, 0.25) is 5.91 Å². The van der Waals surface area contributed by atoms with Crippen LogP contribution < -0.4 is 16.0 Å². The van der Waals surface area contributed by atoms with E-state index in [1.54, 1.807) is 47.6 Å². The van der Waals surface area contributed by atoms with Crippen molar-refractivity contribution in [3.05, 3.63) is 71.4 Å². The van der Waals surface area contributed by atoms with Gasteiger partial charge in [0.1, 0.15) is 40.0 Å². The second-order valence-corrected chi connectivity index (χ2v) is 12.8. The number of aromatic nitrogens is 2. The molecule has 3 heterocycles. The molecule has 47 heavy (non-hydrogen) atoms. The summed E-state index contributed by atoms with van der Waals surface area (Å²) in [5.41, 5.74) is -3.70. The number of aliphatic hydroxyl groups is 1. The molecular weight excluding hydrogens is 619 g/mol. The fourth-order valence-electron chi connectivity index (χ4n) is 4.91. The molecule has 3 aromatic rings. The lowest BCUT2D eigenvalue weighted by Crippen LogP contribution is -2.61. The maximum Gasteiger partial charge on any atom is 0.407 e. The van der Waals surface area contributed by atoms with Gasteiger partial charge in [-0.2, -0.15) is 0 Å². The van der Waals surface area contributed by atoms with Crippen LogP contribution in [0, 0.1) is 23.4 Å². The van der Waals surface area contributed by atoms with Crippen LogP contribution in [0.1, 0.15) is 77.0 Å². The normalized spacial score (nSPS) is 21.2. The fourth-order valence-corrected chi connectivity index (χ4v) is 4.91. The third-order valence-corrected chi connectivity index (χ3v) is 7.64. The number of nitrogens with one attached hydrogen (secondary N) is 3. The minimum absolute atomic E-state index is 0.0918. The van der Waals surface area contributed by atoms with E-state index in [1.807, 2.05) is 0 Å². The topological polar surface area (TPSA) is 152 Å². The van der Waals surface area contributed by atoms with Crippen LogP contribution in [0.15, 0.2) is 42.7 Å². The Labute approximate surface area is 270 Å². The second kappa shape index (κ2) is 13.7. The predicted octanol–water partition coefficient (Wildman–Crippen LogP) is 5.90. The molecule has 1 fully saturated rings. The van der Waals surface area contributed by atoms with Crippen molar-refractivity contribution >= 4 is 29.3 Å². The molecule has 4 N–H and O–H groups in total. The molecule has 2 aromatic heterocycles. The lowest BCUT2D eigenvalue weighted by atomic mass is 9.82. The molecule has 3 amide bonds. The van der Waals surface area contributed by atoms with Crippen LogP contribution in [0.25, 0.3) is 11.3 Å². The summed E-state index contributed by atoms with van der Waals surface area (Å²) >= 11 is 0. The van der Waals surface area contributed by atoms with Gasteiger partial charge in [0, 0.05) is 29.8 Å². The average molecular weight is 658 g/mol. The maximum absolute atomic E-state index is 15.1. The van der Waals surface area contributed by atoms with Crippen molar-refractivity contribution < 1.29 is 42.1 Å². The molecule has 4 unspecified atom stereocenters. The Hall–Kier alpha value is -4.56. The standard InChI is InChI=1S/C33H38F3N5O6/c1-16(2)29(42)38-18-12-21(35)27(22(36)13-18)28-20(34)8-9-23(39-28)30(43)40-24-15-37-11-10-19(24)25-14-26(33(7,45)17(3)46-25)41-31(44)47-32(4,5)6/h8-13,15-17,25-26,45H,14H2,1-7H3,(H,38,42)(H,40,43)(H,41,44). The first-order chi connectivity index (χ1) is 21.9. The summed E-state index contributed by atoms with van der Waals surface area (Å²) in [7, 11) is 0. The van der Waals surface area contributed by atoms with Crippen LogP contribution in [0.4, 0.5) is 29.3 Å². The van der Waals surface area contributed by atoms with Crippen LogP contribution in [-0.2, 0) is 14.3 Å². The Kier molecular flexibility index (Phi) is 10.3. The highest BCUT2D eigenvalue weighted by Crippen LogP contribution is 2.39. The first-order valence-electron chi connectivity index (χ1n) is 15.0. The number of anilines is 2. The zero-order valence-electron chi connectivity index (χ0n) is 27.1. The van der Waals surface area contributed by atoms with Crippen LogP contribution in [0.2, 0.25) is 0 Å². The molecule has 1 aromatic carbocycles. The number of ether oxygens (including phenoxy) is 2. The molecule has 0 radical (unpaired) electrons. The van der Waals surface area contributed by atoms with Gasteiger partial charge in [-0.25, -0.2) is 22.9 Å². The van der Waals surface area contributed by atoms with E-state index in [0.29, 0.717) is 5.56 Å². The Morgan fingerprint density at radius 3 is 2.34 bits per heavy atom. The highest BCUT2D eigenvalue weighted by atomic mass is 19.1. The lowest BCUT2D eigenvalue weighted by molar-refractivity contribution is -0.176. The van der Waals surface area contributed by atoms with E-state index in [-0.39, 0.29) is 23.5 Å². The number of amides is 3. The number of hydrogen-bond donors (Lipinski definition) is 4. The van der Waals surface area contributed by atoms with Gasteiger partial charge in [0.15, 0.2) is 0 Å². The molecule has 1 aliphatic rings. The maximum atomic E-state index is 15.1. The van der Waals surface area contributed by atoms with Crippen LogP contribution >= 0.6 is 0 Å². The number of nitrogens with zero attached hydrogens (tertiary/aromatic N) is 2. The van der Waals surface area contributed by atoms with E-state index in [0.717, 1.165) is 24.3 Å². The zero-order chi connectivity index (χ0) is 34.8. The van der Waals surface area contributed by atoms with E-state index < -0.39 is 82.0 Å². The molecule has 0 bridgehead atoms. The number of halogens is 3. The van der Waals surface area contributed by atoms with Crippen LogP contribution in [0.3, 0.4) is 0 Å². The van der Waals surface area contributed by atoms with Crippen molar-refractivity contribution in [2.75, 3.05) is 10.6 Å². The van der Waals surface area contributed by atoms with E-state index in [4.69, 9.17) is 9.47 Å². The molecule has 1 aliphatic heterocycles. The van der Waals surface area contributed by atoms with Gasteiger partial charge in [-0.05, 0) is 65.0 Å². The average Bonchev–Trinajstić information content (AvgIpc) is 2.95. The largest absolute Gasteiger partial charge is 0.444 e. The summed E-state index contributed by atoms with van der Waals surface area (Å²) in [5, 5.41) is 18.9. The molecular formula is C33H38F3N5O6. The molecule has 4 atom stereocenters. The van der Waals surface area contributed by atoms with Crippen molar-refractivity contribution in [3.63, 3.8) is 0 Å². The first kappa shape index (κ1) is 35.3. The highest BCUT2D eigenvalue weighted by molar-refractivity contribution is 6.03. The number of pyridine rings is 2. The van der Waals surface area contributed by atoms with E-state index >= 15 is 8.78 Å². The third-order valence-electron chi connectivity index (χ3n) is 7.64. The molecule has 0 saturated carbocycles. The van der Waals surface area contributed by atoms with Gasteiger partial charge in [0.05, 0.1) is 35.7 Å². The number of rotatable bonds is 7. The number of carbonyl (C=O) groups is 3. The first-order valence-corrected chi connectivity index (χ1v) is 15.0. The van der Waals surface area contributed by atoms with Crippen molar-refractivity contribution in [1.82, 2.24) is 15.3 Å². The quantitative estimate of drug-likeness (QED) is 0.245. The van der Waals surface area contributed by atoms with Crippen molar-refractivity contribution in [1.29, 1.82) is 0 Å². The minimum Gasteiger partial charge on any atom is -0.444 e. The van der Waals surface area contributed by atoms with Crippen molar-refractivity contribution in [2.24, 2.45) is 5.92 Å². The third kappa shape index (κ3) is 8.24. The molecule has 252 valence electrons. The number of alkyl carbamates (subject to hydrolysis) is 1.